The highest BCUT2D eigenvalue weighted by Crippen LogP contribution is 2.36. The first-order valence-corrected chi connectivity index (χ1v) is 11.7. The number of benzene rings is 1. The number of pyridine rings is 2. The molecule has 0 spiro atoms. The van der Waals surface area contributed by atoms with E-state index in [1.165, 1.54) is 14.0 Å². The van der Waals surface area contributed by atoms with Gasteiger partial charge in [-0.25, -0.2) is 14.8 Å². The zero-order valence-corrected chi connectivity index (χ0v) is 20.3. The number of aryl methyl sites for hydroxylation is 1. The van der Waals surface area contributed by atoms with Crippen LogP contribution in [-0.2, 0) is 9.53 Å². The maximum atomic E-state index is 13.5. The highest BCUT2D eigenvalue weighted by atomic mass is 16.5. The third kappa shape index (κ3) is 3.40. The summed E-state index contributed by atoms with van der Waals surface area (Å²) in [6, 6.07) is 10.8. The Labute approximate surface area is 210 Å². The summed E-state index contributed by atoms with van der Waals surface area (Å²) in [7, 11) is 1.29. The number of amides is 1. The minimum Gasteiger partial charge on any atom is -0.464 e. The molecule has 0 radical (unpaired) electrons. The Morgan fingerprint density at radius 1 is 1.03 bits per heavy atom. The Hall–Kier alpha value is -4.86. The van der Waals surface area contributed by atoms with E-state index in [-0.39, 0.29) is 34.1 Å². The standard InChI is InChI=1S/C27H21N5O5/c1-12-18-14-6-4-5-7-16(14)29-22(18)21(31-19(12)27(36)37-3)17-9-8-15-20(30-17)26(35)23(28-13(2)33)24(25(15)34)32-10-11-32/h4-9,29H,10-11H2,1-3H3,(H,28,33). The zero-order valence-electron chi connectivity index (χ0n) is 20.3. The molecular formula is C27H21N5O5. The van der Waals surface area contributed by atoms with Crippen LogP contribution in [0, 0.1) is 6.92 Å². The number of carbonyl (C=O) groups excluding carboxylic acids is 4. The lowest BCUT2D eigenvalue weighted by atomic mass is 9.93. The minimum absolute atomic E-state index is 0.0741. The number of fused-ring (bicyclic) bond motifs is 4. The van der Waals surface area contributed by atoms with Gasteiger partial charge in [-0.05, 0) is 30.7 Å². The van der Waals surface area contributed by atoms with Gasteiger partial charge in [0.1, 0.15) is 22.8 Å². The van der Waals surface area contributed by atoms with Crippen LogP contribution in [-0.4, -0.2) is 63.5 Å². The normalized spacial score (nSPS) is 14.8. The maximum Gasteiger partial charge on any atom is 0.356 e. The van der Waals surface area contributed by atoms with E-state index < -0.39 is 17.7 Å². The Morgan fingerprint density at radius 3 is 2.49 bits per heavy atom. The van der Waals surface area contributed by atoms with E-state index in [2.05, 4.69) is 20.3 Å². The fourth-order valence-corrected chi connectivity index (χ4v) is 4.84. The van der Waals surface area contributed by atoms with Crippen LogP contribution in [0.15, 0.2) is 47.8 Å². The Bertz CT molecular complexity index is 1750. The van der Waals surface area contributed by atoms with Crippen molar-refractivity contribution in [2.75, 3.05) is 20.2 Å². The zero-order chi connectivity index (χ0) is 26.0. The Morgan fingerprint density at radius 2 is 1.78 bits per heavy atom. The number of para-hydroxylation sites is 1. The summed E-state index contributed by atoms with van der Waals surface area (Å²) >= 11 is 0. The topological polar surface area (TPSA) is 134 Å². The van der Waals surface area contributed by atoms with E-state index in [4.69, 9.17) is 4.74 Å². The molecule has 3 aromatic heterocycles. The molecule has 4 heterocycles. The lowest BCUT2D eigenvalue weighted by molar-refractivity contribution is -0.118. The van der Waals surface area contributed by atoms with Gasteiger partial charge < -0.3 is 19.9 Å². The van der Waals surface area contributed by atoms with Gasteiger partial charge in [0.25, 0.3) is 0 Å². The van der Waals surface area contributed by atoms with E-state index in [1.54, 1.807) is 24.0 Å². The molecule has 1 aliphatic heterocycles. The quantitative estimate of drug-likeness (QED) is 0.326. The van der Waals surface area contributed by atoms with Crippen LogP contribution < -0.4 is 5.32 Å². The molecule has 0 saturated carbocycles. The van der Waals surface area contributed by atoms with Gasteiger partial charge in [0.15, 0.2) is 5.69 Å². The van der Waals surface area contributed by atoms with Gasteiger partial charge in [0, 0.05) is 36.3 Å². The molecule has 0 bridgehead atoms. The number of aromatic nitrogens is 3. The number of ether oxygens (including phenoxy) is 1. The van der Waals surface area contributed by atoms with E-state index in [0.29, 0.717) is 35.6 Å². The number of hydrogen-bond acceptors (Lipinski definition) is 8. The van der Waals surface area contributed by atoms with Crippen LogP contribution in [0.1, 0.15) is 43.8 Å². The van der Waals surface area contributed by atoms with Gasteiger partial charge in [0.05, 0.1) is 23.9 Å². The van der Waals surface area contributed by atoms with Crippen molar-refractivity contribution in [1.82, 2.24) is 25.2 Å². The molecule has 1 aromatic carbocycles. The molecule has 1 fully saturated rings. The Kier molecular flexibility index (Phi) is 4.94. The highest BCUT2D eigenvalue weighted by molar-refractivity contribution is 6.26. The first-order valence-electron chi connectivity index (χ1n) is 11.7. The first kappa shape index (κ1) is 22.6. The van der Waals surface area contributed by atoms with Crippen LogP contribution in [0.5, 0.6) is 0 Å². The number of H-pyrrole nitrogens is 1. The van der Waals surface area contributed by atoms with Gasteiger partial charge in [-0.15, -0.1) is 0 Å². The van der Waals surface area contributed by atoms with Crippen molar-refractivity contribution in [3.05, 3.63) is 70.3 Å². The predicted molar refractivity (Wildman–Crippen MR) is 134 cm³/mol. The highest BCUT2D eigenvalue weighted by Gasteiger charge is 2.40. The second-order valence-electron chi connectivity index (χ2n) is 8.99. The van der Waals surface area contributed by atoms with Crippen molar-refractivity contribution in [2.45, 2.75) is 13.8 Å². The summed E-state index contributed by atoms with van der Waals surface area (Å²) in [5, 5.41) is 4.20. The number of methoxy groups -OCH3 is 1. The van der Waals surface area contributed by atoms with Crippen LogP contribution in [0.25, 0.3) is 33.2 Å². The van der Waals surface area contributed by atoms with Crippen LogP contribution in [0.4, 0.5) is 0 Å². The molecule has 10 heteroatoms. The first-order chi connectivity index (χ1) is 17.8. The summed E-state index contributed by atoms with van der Waals surface area (Å²) in [5.41, 5.74) is 3.05. The summed E-state index contributed by atoms with van der Waals surface area (Å²) in [4.78, 5) is 65.5. The van der Waals surface area contributed by atoms with Crippen molar-refractivity contribution in [2.24, 2.45) is 0 Å². The number of allylic oxidation sites excluding steroid dienone is 2. The molecule has 37 heavy (non-hydrogen) atoms. The van der Waals surface area contributed by atoms with E-state index in [9.17, 15) is 19.2 Å². The van der Waals surface area contributed by atoms with E-state index in [1.807, 2.05) is 24.3 Å². The monoisotopic (exact) mass is 495 g/mol. The van der Waals surface area contributed by atoms with Crippen LogP contribution in [0.3, 0.4) is 0 Å². The predicted octanol–water partition coefficient (Wildman–Crippen LogP) is 2.92. The van der Waals surface area contributed by atoms with Crippen LogP contribution in [0.2, 0.25) is 0 Å². The summed E-state index contributed by atoms with van der Waals surface area (Å²) in [6.45, 7) is 4.33. The smallest absolute Gasteiger partial charge is 0.356 e. The third-order valence-electron chi connectivity index (χ3n) is 6.62. The van der Waals surface area contributed by atoms with E-state index >= 15 is 0 Å². The lowest BCUT2D eigenvalue weighted by Crippen LogP contribution is -2.35. The average molecular weight is 495 g/mol. The number of hydrogen-bond donors (Lipinski definition) is 2. The maximum absolute atomic E-state index is 13.5. The van der Waals surface area contributed by atoms with Gasteiger partial charge in [-0.3, -0.25) is 14.4 Å². The number of Topliss-reactive ketones (excluding diaryl/α,β-unsaturated/α-hetero) is 2. The Balaban J connectivity index is 1.59. The molecule has 1 amide bonds. The third-order valence-corrected chi connectivity index (χ3v) is 6.62. The fourth-order valence-electron chi connectivity index (χ4n) is 4.84. The molecule has 184 valence electrons. The molecule has 6 rings (SSSR count). The number of aromatic amines is 1. The summed E-state index contributed by atoms with van der Waals surface area (Å²) in [6.07, 6.45) is 0. The fraction of sp³-hybridized carbons (Fsp3) is 0.185. The molecule has 10 nitrogen and oxygen atoms in total. The van der Waals surface area contributed by atoms with Gasteiger partial charge in [0.2, 0.25) is 17.5 Å². The minimum atomic E-state index is -0.603. The molecule has 0 atom stereocenters. The molecule has 0 unspecified atom stereocenters. The molecular weight excluding hydrogens is 474 g/mol. The SMILES string of the molecule is COC(=O)c1nc(-c2ccc3c(n2)C(=O)C(NC(C)=O)=C(N2CC2)C3=O)c2[nH]c3ccccc3c2c1C. The summed E-state index contributed by atoms with van der Waals surface area (Å²) < 4.78 is 4.98. The van der Waals surface area contributed by atoms with Crippen LogP contribution >= 0.6 is 0 Å². The number of carbonyl (C=O) groups is 4. The molecule has 2 N–H and O–H groups in total. The number of rotatable bonds is 4. The van der Waals surface area contributed by atoms with Gasteiger partial charge in [-0.2, -0.15) is 0 Å². The number of ketones is 2. The van der Waals surface area contributed by atoms with Crippen molar-refractivity contribution in [3.8, 4) is 11.4 Å². The second kappa shape index (κ2) is 8.09. The van der Waals surface area contributed by atoms with Gasteiger partial charge >= 0.3 is 5.97 Å². The molecule has 4 aromatic rings. The molecule has 2 aliphatic rings. The van der Waals surface area contributed by atoms with Gasteiger partial charge in [-0.1, -0.05) is 18.2 Å². The number of nitrogens with one attached hydrogen (secondary N) is 2. The summed E-state index contributed by atoms with van der Waals surface area (Å²) in [5.74, 6) is -1.99. The molecule has 1 aliphatic carbocycles. The largest absolute Gasteiger partial charge is 0.464 e. The number of esters is 1. The van der Waals surface area contributed by atoms with Crippen molar-refractivity contribution < 1.29 is 23.9 Å². The second-order valence-corrected chi connectivity index (χ2v) is 8.99. The van der Waals surface area contributed by atoms with E-state index in [0.717, 1.165) is 16.3 Å². The van der Waals surface area contributed by atoms with Crippen molar-refractivity contribution in [3.63, 3.8) is 0 Å². The average Bonchev–Trinajstić information content (AvgIpc) is 3.65. The van der Waals surface area contributed by atoms with Crippen molar-refractivity contribution >= 4 is 45.2 Å². The molecule has 1 saturated heterocycles. The lowest BCUT2D eigenvalue weighted by Gasteiger charge is -2.21. The van der Waals surface area contributed by atoms with Crippen molar-refractivity contribution in [1.29, 1.82) is 0 Å². The number of nitrogens with zero attached hydrogens (tertiary/aromatic N) is 3.